The lowest BCUT2D eigenvalue weighted by molar-refractivity contribution is -0.410. The van der Waals surface area contributed by atoms with Gasteiger partial charge in [0.05, 0.1) is 6.61 Å². The summed E-state index contributed by atoms with van der Waals surface area (Å²) < 4.78 is 26.7. The topological polar surface area (TPSA) is 243 Å². The normalized spacial score (nSPS) is 9.41. The number of carboxylic acid groups (broad SMARTS) is 1. The lowest BCUT2D eigenvalue weighted by Gasteiger charge is -2.07. The second kappa shape index (κ2) is 31.9. The zero-order valence-electron chi connectivity index (χ0n) is 24.8. The van der Waals surface area contributed by atoms with Gasteiger partial charge in [0, 0.05) is 0 Å². The van der Waals surface area contributed by atoms with Crippen molar-refractivity contribution in [3.63, 3.8) is 0 Å². The molecule has 0 fully saturated rings. The molecule has 258 valence electrons. The van der Waals surface area contributed by atoms with Gasteiger partial charge in [0.1, 0.15) is 33.0 Å². The number of carboxylic acids is 1. The third kappa shape index (κ3) is 31.0. The predicted octanol–water partition coefficient (Wildman–Crippen LogP) is -0.530. The quantitative estimate of drug-likeness (QED) is 0.0368. The molecule has 2 aromatic carbocycles. The third-order valence-corrected chi connectivity index (χ3v) is 4.06. The van der Waals surface area contributed by atoms with E-state index in [1.807, 2.05) is 60.7 Å². The van der Waals surface area contributed by atoms with Crippen LogP contribution in [0, 0.1) is 14.2 Å². The predicted molar refractivity (Wildman–Crippen MR) is 151 cm³/mol. The van der Waals surface area contributed by atoms with Crippen molar-refractivity contribution in [1.82, 2.24) is 0 Å². The number of aliphatic hydroxyl groups excluding tert-OH is 2. The summed E-state index contributed by atoms with van der Waals surface area (Å²) in [5.41, 5.74) is 1.78. The van der Waals surface area contributed by atoms with Crippen LogP contribution in [0.1, 0.15) is 11.1 Å². The Kier molecular flexibility index (Phi) is 30.3. The van der Waals surface area contributed by atoms with Crippen LogP contribution in [-0.2, 0) is 75.4 Å². The van der Waals surface area contributed by atoms with Gasteiger partial charge in [0.15, 0.2) is 20.0 Å². The van der Waals surface area contributed by atoms with Crippen molar-refractivity contribution in [2.24, 2.45) is 0 Å². The molecule has 0 atom stereocenters. The minimum Gasteiger partial charge on any atom is -0.853 e. The van der Waals surface area contributed by atoms with Crippen molar-refractivity contribution >= 4 is 29.8 Å². The van der Waals surface area contributed by atoms with E-state index in [-0.39, 0.29) is 39.6 Å². The van der Waals surface area contributed by atoms with Crippen LogP contribution in [0.5, 0.6) is 0 Å². The van der Waals surface area contributed by atoms with Gasteiger partial charge in [-0.25, -0.2) is 48.0 Å². The highest BCUT2D eigenvalue weighted by Crippen LogP contribution is 2.01. The first-order chi connectivity index (χ1) is 22.1. The molecule has 0 spiro atoms. The maximum atomic E-state index is 11.2. The molecule has 0 radical (unpaired) electrons. The number of hydrogen-bond donors (Lipinski definition) is 3. The Morgan fingerprint density at radius 3 is 1.43 bits per heavy atom. The van der Waals surface area contributed by atoms with Crippen LogP contribution < -0.4 is 5.11 Å². The fraction of sp³-hybridized carbons (Fsp3) is 0.345. The molecular formula is C29H37O17-3. The Balaban J connectivity index is 0. The van der Waals surface area contributed by atoms with Crippen molar-refractivity contribution in [2.75, 3.05) is 53.0 Å². The summed E-state index contributed by atoms with van der Waals surface area (Å²) in [6, 6.07) is 18.5. The van der Waals surface area contributed by atoms with E-state index >= 15 is 0 Å². The van der Waals surface area contributed by atoms with Gasteiger partial charge in [0.25, 0.3) is 0 Å². The SMILES string of the molecule is O=C(CO)OCc1ccccc1.[CH2-]OCC(=O)OCC(=O)O.[CH2-]OCC(=O)OCC(=O)OCc1ccccc1.[O-]CCOOCO. The van der Waals surface area contributed by atoms with Gasteiger partial charge in [-0.3, -0.25) is 0 Å². The van der Waals surface area contributed by atoms with Crippen molar-refractivity contribution in [3.05, 3.63) is 86.0 Å². The summed E-state index contributed by atoms with van der Waals surface area (Å²) in [6.07, 6.45) is 0. The van der Waals surface area contributed by atoms with E-state index in [0.29, 0.717) is 0 Å². The highest BCUT2D eigenvalue weighted by molar-refractivity contribution is 5.77. The Labute approximate surface area is 265 Å². The minimum atomic E-state index is -1.20. The molecule has 17 heteroatoms. The molecule has 2 rings (SSSR count). The number of aliphatic carboxylic acids is 1. The molecule has 0 saturated carbocycles. The van der Waals surface area contributed by atoms with E-state index < -0.39 is 56.5 Å². The van der Waals surface area contributed by atoms with Crippen LogP contribution >= 0.6 is 0 Å². The van der Waals surface area contributed by atoms with Gasteiger partial charge in [-0.2, -0.15) is 0 Å². The summed E-state index contributed by atoms with van der Waals surface area (Å²) >= 11 is 0. The summed E-state index contributed by atoms with van der Waals surface area (Å²) in [4.78, 5) is 60.6. The highest BCUT2D eigenvalue weighted by atomic mass is 17.2. The third-order valence-electron chi connectivity index (χ3n) is 4.06. The maximum Gasteiger partial charge on any atom is 0.344 e. The average molecular weight is 658 g/mol. The van der Waals surface area contributed by atoms with Gasteiger partial charge in [0.2, 0.25) is 0 Å². The van der Waals surface area contributed by atoms with Crippen molar-refractivity contribution in [2.45, 2.75) is 13.2 Å². The fourth-order valence-corrected chi connectivity index (χ4v) is 2.23. The van der Waals surface area contributed by atoms with Gasteiger partial charge in [-0.1, -0.05) is 60.7 Å². The molecule has 0 aliphatic heterocycles. The van der Waals surface area contributed by atoms with Gasteiger partial charge >= 0.3 is 29.8 Å². The maximum absolute atomic E-state index is 11.2. The molecule has 3 N–H and O–H groups in total. The fourth-order valence-electron chi connectivity index (χ4n) is 2.23. The number of esters is 4. The highest BCUT2D eigenvalue weighted by Gasteiger charge is 2.07. The molecule has 2 aromatic rings. The smallest absolute Gasteiger partial charge is 0.344 e. The lowest BCUT2D eigenvalue weighted by Crippen LogP contribution is -2.18. The number of rotatable bonds is 17. The van der Waals surface area contributed by atoms with Crippen LogP contribution in [0.25, 0.3) is 0 Å². The van der Waals surface area contributed by atoms with E-state index in [1.54, 1.807) is 0 Å². The Bertz CT molecular complexity index is 1060. The molecule has 0 heterocycles. The molecule has 0 aromatic heterocycles. The standard InChI is InChI=1S/C12H13O5.C9H10O3.C5H7O5.C3H7O4/c1-15-8-11(13)17-9-12(14)16-7-10-5-3-2-4-6-10;10-6-9(11)12-7-8-4-2-1-3-5-8;1-9-3-5(8)10-2-4(6)7;4-1-2-6-7-3-5/h2-6H,1,7-9H2;1-5,10H,6-7H2;1-3H2,(H,6,7);5H,1-3H2/q-1;;2*-1. The van der Waals surface area contributed by atoms with E-state index in [0.717, 1.165) is 11.1 Å². The monoisotopic (exact) mass is 657 g/mol. The van der Waals surface area contributed by atoms with Crippen LogP contribution in [0.3, 0.4) is 0 Å². The Morgan fingerprint density at radius 1 is 0.609 bits per heavy atom. The summed E-state index contributed by atoms with van der Waals surface area (Å²) in [5, 5.41) is 33.7. The lowest BCUT2D eigenvalue weighted by atomic mass is 10.2. The van der Waals surface area contributed by atoms with Crippen LogP contribution in [0.2, 0.25) is 0 Å². The molecule has 0 bridgehead atoms. The van der Waals surface area contributed by atoms with Gasteiger partial charge in [-0.15, -0.1) is 6.61 Å². The van der Waals surface area contributed by atoms with Crippen LogP contribution in [0.4, 0.5) is 0 Å². The molecular weight excluding hydrogens is 620 g/mol. The number of benzene rings is 2. The first-order valence-corrected chi connectivity index (χ1v) is 12.8. The molecule has 0 unspecified atom stereocenters. The molecule has 0 amide bonds. The average Bonchev–Trinajstić information content (AvgIpc) is 3.06. The van der Waals surface area contributed by atoms with Crippen molar-refractivity contribution in [1.29, 1.82) is 0 Å². The molecule has 0 saturated heterocycles. The Hall–Kier alpha value is -4.49. The minimum absolute atomic E-state index is 0.0133. The first-order valence-electron chi connectivity index (χ1n) is 12.8. The Morgan fingerprint density at radius 2 is 1.04 bits per heavy atom. The summed E-state index contributed by atoms with van der Waals surface area (Å²) in [6.45, 7) is -2.72. The molecule has 17 nitrogen and oxygen atoms in total. The van der Waals surface area contributed by atoms with E-state index in [2.05, 4.69) is 47.7 Å². The second-order valence-corrected chi connectivity index (χ2v) is 7.64. The zero-order valence-corrected chi connectivity index (χ0v) is 24.8. The number of ether oxygens (including phenoxy) is 6. The number of carbonyl (C=O) groups excluding carboxylic acids is 4. The first kappa shape index (κ1) is 43.6. The van der Waals surface area contributed by atoms with E-state index in [9.17, 15) is 29.1 Å². The van der Waals surface area contributed by atoms with Crippen LogP contribution in [0.15, 0.2) is 60.7 Å². The van der Waals surface area contributed by atoms with Gasteiger partial charge < -0.3 is 48.8 Å². The number of hydrogen-bond acceptors (Lipinski definition) is 16. The van der Waals surface area contributed by atoms with Crippen LogP contribution in [-0.4, -0.2) is 98.2 Å². The zero-order chi connectivity index (χ0) is 34.8. The molecule has 0 aliphatic carbocycles. The summed E-state index contributed by atoms with van der Waals surface area (Å²) in [5.74, 6) is -3.79. The number of carbonyl (C=O) groups is 5. The molecule has 46 heavy (non-hydrogen) atoms. The van der Waals surface area contributed by atoms with E-state index in [1.165, 1.54) is 0 Å². The van der Waals surface area contributed by atoms with Crippen molar-refractivity contribution in [3.8, 4) is 0 Å². The van der Waals surface area contributed by atoms with E-state index in [4.69, 9.17) is 20.1 Å². The van der Waals surface area contributed by atoms with Crippen molar-refractivity contribution < 1.29 is 82.6 Å². The molecule has 0 aliphatic rings. The van der Waals surface area contributed by atoms with Gasteiger partial charge in [-0.05, 0) is 11.1 Å². The summed E-state index contributed by atoms with van der Waals surface area (Å²) in [7, 11) is 5.92. The largest absolute Gasteiger partial charge is 0.853 e. The second-order valence-electron chi connectivity index (χ2n) is 7.64. The number of aliphatic hydroxyl groups is 2.